The van der Waals surface area contributed by atoms with Gasteiger partial charge in [0.1, 0.15) is 5.82 Å². The summed E-state index contributed by atoms with van der Waals surface area (Å²) in [5.74, 6) is 0.934. The zero-order valence-electron chi connectivity index (χ0n) is 9.92. The monoisotopic (exact) mass is 206 g/mol. The summed E-state index contributed by atoms with van der Waals surface area (Å²) < 4.78 is 5.45. The number of fused-ring (bicyclic) bond motifs is 1. The highest BCUT2D eigenvalue weighted by atomic mass is 16.5. The first-order valence-corrected chi connectivity index (χ1v) is 5.49. The molecule has 0 atom stereocenters. The highest BCUT2D eigenvalue weighted by molar-refractivity contribution is 5.32. The van der Waals surface area contributed by atoms with Gasteiger partial charge >= 0.3 is 0 Å². The molecule has 2 heterocycles. The molecule has 3 heteroatoms. The molecule has 15 heavy (non-hydrogen) atoms. The van der Waals surface area contributed by atoms with Gasteiger partial charge in [-0.1, -0.05) is 27.7 Å². The van der Waals surface area contributed by atoms with Gasteiger partial charge in [0, 0.05) is 17.4 Å². The third-order valence-corrected chi connectivity index (χ3v) is 2.65. The molecule has 0 spiro atoms. The fraction of sp³-hybridized carbons (Fsp3) is 0.667. The molecule has 2 rings (SSSR count). The lowest BCUT2D eigenvalue weighted by Gasteiger charge is -2.21. The molecular weight excluding hydrogens is 188 g/mol. The van der Waals surface area contributed by atoms with E-state index in [9.17, 15) is 0 Å². The minimum Gasteiger partial charge on any atom is -0.370 e. The first-order valence-electron chi connectivity index (χ1n) is 5.49. The lowest BCUT2D eigenvalue weighted by atomic mass is 9.88. The van der Waals surface area contributed by atoms with E-state index in [1.165, 1.54) is 5.56 Å². The highest BCUT2D eigenvalue weighted by Crippen LogP contribution is 2.29. The summed E-state index contributed by atoms with van der Waals surface area (Å²) in [5.41, 5.74) is 3.53. The van der Waals surface area contributed by atoms with Crippen LogP contribution in [0.3, 0.4) is 0 Å². The van der Waals surface area contributed by atoms with Gasteiger partial charge in [-0.3, -0.25) is 0 Å². The van der Waals surface area contributed by atoms with Crippen LogP contribution in [0.2, 0.25) is 0 Å². The van der Waals surface area contributed by atoms with Crippen molar-refractivity contribution >= 4 is 0 Å². The maximum atomic E-state index is 5.45. The van der Waals surface area contributed by atoms with E-state index in [0.717, 1.165) is 23.6 Å². The van der Waals surface area contributed by atoms with E-state index in [-0.39, 0.29) is 5.41 Å². The summed E-state index contributed by atoms with van der Waals surface area (Å²) in [5, 5.41) is 0. The summed E-state index contributed by atoms with van der Waals surface area (Å²) in [6.07, 6.45) is 0.885. The second-order valence-electron chi connectivity index (χ2n) is 5.01. The molecule has 3 nitrogen and oxygen atoms in total. The van der Waals surface area contributed by atoms with Crippen molar-refractivity contribution in [2.75, 3.05) is 0 Å². The van der Waals surface area contributed by atoms with Crippen LogP contribution in [0.4, 0.5) is 0 Å². The van der Waals surface area contributed by atoms with Crippen molar-refractivity contribution in [3.63, 3.8) is 0 Å². The molecule has 0 saturated carbocycles. The molecule has 1 aromatic heterocycles. The van der Waals surface area contributed by atoms with Crippen LogP contribution < -0.4 is 0 Å². The molecule has 0 aliphatic carbocycles. The summed E-state index contributed by atoms with van der Waals surface area (Å²) in [6, 6.07) is 0. The van der Waals surface area contributed by atoms with Gasteiger partial charge in [-0.25, -0.2) is 9.97 Å². The molecule has 1 aliphatic rings. The SMILES string of the molecule is CCc1nc2c(c(C(C)(C)C)n1)COC2. The molecule has 0 saturated heterocycles. The van der Waals surface area contributed by atoms with Gasteiger partial charge in [-0.15, -0.1) is 0 Å². The maximum Gasteiger partial charge on any atom is 0.128 e. The van der Waals surface area contributed by atoms with Crippen LogP contribution in [-0.4, -0.2) is 9.97 Å². The van der Waals surface area contributed by atoms with Gasteiger partial charge in [0.25, 0.3) is 0 Å². The van der Waals surface area contributed by atoms with Gasteiger partial charge in [0.2, 0.25) is 0 Å². The van der Waals surface area contributed by atoms with Crippen molar-refractivity contribution in [3.05, 3.63) is 22.8 Å². The van der Waals surface area contributed by atoms with Crippen LogP contribution in [-0.2, 0) is 29.8 Å². The maximum absolute atomic E-state index is 5.45. The van der Waals surface area contributed by atoms with Gasteiger partial charge in [0.15, 0.2) is 0 Å². The molecule has 82 valence electrons. The fourth-order valence-corrected chi connectivity index (χ4v) is 1.88. The Hall–Kier alpha value is -0.960. The van der Waals surface area contributed by atoms with Crippen molar-refractivity contribution in [1.29, 1.82) is 0 Å². The third-order valence-electron chi connectivity index (χ3n) is 2.65. The first-order chi connectivity index (χ1) is 7.02. The van der Waals surface area contributed by atoms with Crippen molar-refractivity contribution in [1.82, 2.24) is 9.97 Å². The molecule has 0 bridgehead atoms. The number of nitrogens with zero attached hydrogens (tertiary/aromatic N) is 2. The van der Waals surface area contributed by atoms with E-state index in [4.69, 9.17) is 4.74 Å². The first kappa shape index (κ1) is 10.6. The van der Waals surface area contributed by atoms with Crippen molar-refractivity contribution in [3.8, 4) is 0 Å². The molecule has 0 N–H and O–H groups in total. The van der Waals surface area contributed by atoms with Crippen molar-refractivity contribution < 1.29 is 4.74 Å². The minimum absolute atomic E-state index is 0.0741. The van der Waals surface area contributed by atoms with Crippen LogP contribution in [0.15, 0.2) is 0 Å². The van der Waals surface area contributed by atoms with E-state index < -0.39 is 0 Å². The van der Waals surface area contributed by atoms with E-state index in [0.29, 0.717) is 13.2 Å². The van der Waals surface area contributed by atoms with Gasteiger partial charge in [-0.2, -0.15) is 0 Å². The Balaban J connectivity index is 2.57. The highest BCUT2D eigenvalue weighted by Gasteiger charge is 2.26. The van der Waals surface area contributed by atoms with Gasteiger partial charge in [0.05, 0.1) is 24.6 Å². The molecule has 1 aromatic rings. The minimum atomic E-state index is 0.0741. The Bertz CT molecular complexity index is 380. The molecule has 1 aliphatic heterocycles. The molecule has 0 unspecified atom stereocenters. The van der Waals surface area contributed by atoms with Gasteiger partial charge in [-0.05, 0) is 0 Å². The Morgan fingerprint density at radius 3 is 2.53 bits per heavy atom. The Kier molecular flexibility index (Phi) is 2.51. The van der Waals surface area contributed by atoms with Crippen LogP contribution in [0.5, 0.6) is 0 Å². The van der Waals surface area contributed by atoms with Crippen LogP contribution in [0.1, 0.15) is 50.5 Å². The summed E-state index contributed by atoms with van der Waals surface area (Å²) in [7, 11) is 0. The van der Waals surface area contributed by atoms with E-state index in [1.807, 2.05) is 0 Å². The van der Waals surface area contributed by atoms with E-state index in [1.54, 1.807) is 0 Å². The van der Waals surface area contributed by atoms with Crippen LogP contribution in [0, 0.1) is 0 Å². The summed E-state index contributed by atoms with van der Waals surface area (Å²) in [6.45, 7) is 9.97. The summed E-state index contributed by atoms with van der Waals surface area (Å²) in [4.78, 5) is 9.15. The number of ether oxygens (including phenoxy) is 1. The number of aryl methyl sites for hydroxylation is 1. The average molecular weight is 206 g/mol. The quantitative estimate of drug-likeness (QED) is 0.707. The third kappa shape index (κ3) is 1.88. The van der Waals surface area contributed by atoms with Crippen LogP contribution >= 0.6 is 0 Å². The lowest BCUT2D eigenvalue weighted by molar-refractivity contribution is 0.132. The van der Waals surface area contributed by atoms with Crippen molar-refractivity contribution in [2.24, 2.45) is 0 Å². The second kappa shape index (κ2) is 3.56. The van der Waals surface area contributed by atoms with E-state index in [2.05, 4.69) is 37.7 Å². The van der Waals surface area contributed by atoms with E-state index >= 15 is 0 Å². The molecule has 0 amide bonds. The molecule has 0 radical (unpaired) electrons. The smallest absolute Gasteiger partial charge is 0.128 e. The Labute approximate surface area is 90.9 Å². The predicted octanol–water partition coefficient (Wildman–Crippen LogP) is 2.37. The van der Waals surface area contributed by atoms with Crippen LogP contribution in [0.25, 0.3) is 0 Å². The number of rotatable bonds is 1. The molecular formula is C12H18N2O. The topological polar surface area (TPSA) is 35.0 Å². The zero-order chi connectivity index (χ0) is 11.1. The fourth-order valence-electron chi connectivity index (χ4n) is 1.88. The standard InChI is InChI=1S/C12H18N2O/c1-5-10-13-9-7-15-6-8(9)11(14-10)12(2,3)4/h5-7H2,1-4H3. The number of hydrogen-bond donors (Lipinski definition) is 0. The number of aromatic nitrogens is 2. The molecule has 0 fully saturated rings. The zero-order valence-corrected chi connectivity index (χ0v) is 9.92. The Morgan fingerprint density at radius 2 is 1.93 bits per heavy atom. The second-order valence-corrected chi connectivity index (χ2v) is 5.01. The normalized spacial score (nSPS) is 15.5. The lowest BCUT2D eigenvalue weighted by Crippen LogP contribution is -2.19. The largest absolute Gasteiger partial charge is 0.370 e. The average Bonchev–Trinajstić information content (AvgIpc) is 2.61. The Morgan fingerprint density at radius 1 is 1.20 bits per heavy atom. The number of hydrogen-bond acceptors (Lipinski definition) is 3. The summed E-state index contributed by atoms with van der Waals surface area (Å²) >= 11 is 0. The van der Waals surface area contributed by atoms with Gasteiger partial charge < -0.3 is 4.74 Å². The van der Waals surface area contributed by atoms with Crippen molar-refractivity contribution in [2.45, 2.75) is 52.7 Å². The molecule has 0 aromatic carbocycles. The predicted molar refractivity (Wildman–Crippen MR) is 58.6 cm³/mol.